The van der Waals surface area contributed by atoms with Crippen molar-refractivity contribution in [3.05, 3.63) is 61.6 Å². The molecule has 0 spiro atoms. The maximum Gasteiger partial charge on any atom is 0.261 e. The highest BCUT2D eigenvalue weighted by atomic mass is 127. The second kappa shape index (κ2) is 12.1. The largest absolute Gasteiger partial charge is 0.484 e. The quantitative estimate of drug-likeness (QED) is 0.394. The van der Waals surface area contributed by atoms with Crippen molar-refractivity contribution in [2.45, 2.75) is 57.7 Å². The van der Waals surface area contributed by atoms with E-state index in [9.17, 15) is 9.59 Å². The Morgan fingerprint density at radius 1 is 1.12 bits per heavy atom. The highest BCUT2D eigenvalue weighted by Gasteiger charge is 2.29. The van der Waals surface area contributed by atoms with Crippen molar-refractivity contribution >= 4 is 57.6 Å². The normalized spacial score (nSPS) is 15.1. The van der Waals surface area contributed by atoms with Crippen LogP contribution in [-0.4, -0.2) is 35.4 Å². The van der Waals surface area contributed by atoms with E-state index in [1.807, 2.05) is 24.3 Å². The van der Waals surface area contributed by atoms with E-state index in [-0.39, 0.29) is 31.0 Å². The number of carbonyl (C=O) groups excluding carboxylic acids is 2. The second-order valence-electron chi connectivity index (χ2n) is 8.02. The zero-order chi connectivity index (χ0) is 23.1. The van der Waals surface area contributed by atoms with Crippen molar-refractivity contribution in [1.29, 1.82) is 0 Å². The molecule has 1 aliphatic carbocycles. The first-order valence-electron chi connectivity index (χ1n) is 10.8. The first kappa shape index (κ1) is 25.1. The van der Waals surface area contributed by atoms with Gasteiger partial charge in [0.2, 0.25) is 5.91 Å². The Bertz CT molecular complexity index is 933. The minimum absolute atomic E-state index is 0.162. The minimum atomic E-state index is -0.670. The summed E-state index contributed by atoms with van der Waals surface area (Å²) in [5, 5.41) is 4.08. The molecule has 0 bridgehead atoms. The minimum Gasteiger partial charge on any atom is -0.484 e. The van der Waals surface area contributed by atoms with Gasteiger partial charge in [-0.1, -0.05) is 48.5 Å². The lowest BCUT2D eigenvalue weighted by Crippen LogP contribution is -2.51. The summed E-state index contributed by atoms with van der Waals surface area (Å²) in [6.07, 6.45) is 5.40. The third-order valence-corrected chi connectivity index (χ3v) is 6.96. The maximum absolute atomic E-state index is 13.2. The molecule has 1 saturated carbocycles. The van der Waals surface area contributed by atoms with Crippen LogP contribution in [-0.2, 0) is 16.1 Å². The fourth-order valence-electron chi connectivity index (χ4n) is 3.74. The van der Waals surface area contributed by atoms with Gasteiger partial charge in [-0.25, -0.2) is 0 Å². The molecule has 5 nitrogen and oxygen atoms in total. The summed E-state index contributed by atoms with van der Waals surface area (Å²) in [7, 11) is 0. The summed E-state index contributed by atoms with van der Waals surface area (Å²) >= 11 is 14.6. The van der Waals surface area contributed by atoms with Crippen LogP contribution in [0.15, 0.2) is 42.5 Å². The van der Waals surface area contributed by atoms with Crippen molar-refractivity contribution in [3.8, 4) is 5.75 Å². The number of halogens is 3. The number of nitrogens with zero attached hydrogens (tertiary/aromatic N) is 1. The zero-order valence-electron chi connectivity index (χ0n) is 18.0. The Hall–Kier alpha value is -1.51. The molecule has 0 radical (unpaired) electrons. The molecular weight excluding hydrogens is 562 g/mol. The van der Waals surface area contributed by atoms with Gasteiger partial charge in [-0.3, -0.25) is 9.59 Å². The zero-order valence-corrected chi connectivity index (χ0v) is 21.6. The van der Waals surface area contributed by atoms with Gasteiger partial charge in [0.25, 0.3) is 5.91 Å². The lowest BCUT2D eigenvalue weighted by atomic mass is 9.95. The molecule has 3 rings (SSSR count). The average Bonchev–Trinajstić information content (AvgIpc) is 2.78. The molecular formula is C24H27Cl2IN2O3. The van der Waals surface area contributed by atoms with Crippen LogP contribution < -0.4 is 10.1 Å². The summed E-state index contributed by atoms with van der Waals surface area (Å²) in [6, 6.07) is 12.1. The van der Waals surface area contributed by atoms with Crippen LogP contribution in [0, 0.1) is 3.57 Å². The molecule has 0 saturated heterocycles. The molecule has 1 atom stereocenters. The van der Waals surface area contributed by atoms with Gasteiger partial charge in [0.15, 0.2) is 6.61 Å². The molecule has 1 fully saturated rings. The summed E-state index contributed by atoms with van der Waals surface area (Å²) < 4.78 is 6.77. The number of amides is 2. The lowest BCUT2D eigenvalue weighted by Gasteiger charge is -2.31. The number of benzene rings is 2. The molecule has 0 heterocycles. The van der Waals surface area contributed by atoms with E-state index < -0.39 is 6.04 Å². The fourth-order valence-corrected chi connectivity index (χ4v) is 4.57. The van der Waals surface area contributed by atoms with Gasteiger partial charge in [-0.2, -0.15) is 0 Å². The summed E-state index contributed by atoms with van der Waals surface area (Å²) in [6.45, 7) is 1.75. The van der Waals surface area contributed by atoms with E-state index in [1.54, 1.807) is 25.1 Å². The SMILES string of the molecule is CC(C(=O)NC1CCCCC1)N(Cc1ccc(Cl)cc1Cl)C(=O)COc1ccc(I)cc1. The predicted molar refractivity (Wildman–Crippen MR) is 136 cm³/mol. The van der Waals surface area contributed by atoms with Gasteiger partial charge < -0.3 is 15.0 Å². The first-order chi connectivity index (χ1) is 15.3. The standard InChI is InChI=1S/C24H27Cl2IN2O3/c1-16(24(31)28-20-5-3-2-4-6-20)29(14-17-7-8-18(25)13-22(17)26)23(30)15-32-21-11-9-19(27)10-12-21/h7-13,16,20H,2-6,14-15H2,1H3,(H,28,31). The second-order valence-corrected chi connectivity index (χ2v) is 10.1. The summed E-state index contributed by atoms with van der Waals surface area (Å²) in [5.41, 5.74) is 0.719. The van der Waals surface area contributed by atoms with Crippen molar-refractivity contribution in [3.63, 3.8) is 0 Å². The average molecular weight is 589 g/mol. The lowest BCUT2D eigenvalue weighted by molar-refractivity contribution is -0.142. The Morgan fingerprint density at radius 3 is 2.47 bits per heavy atom. The van der Waals surface area contributed by atoms with Gasteiger partial charge in [0, 0.05) is 26.2 Å². The highest BCUT2D eigenvalue weighted by molar-refractivity contribution is 14.1. The van der Waals surface area contributed by atoms with Crippen molar-refractivity contribution < 1.29 is 14.3 Å². The Morgan fingerprint density at radius 2 is 1.81 bits per heavy atom. The van der Waals surface area contributed by atoms with Gasteiger partial charge in [0.1, 0.15) is 11.8 Å². The van der Waals surface area contributed by atoms with Crippen LogP contribution in [0.25, 0.3) is 0 Å². The number of ether oxygens (including phenoxy) is 1. The Kier molecular flexibility index (Phi) is 9.49. The van der Waals surface area contributed by atoms with Gasteiger partial charge >= 0.3 is 0 Å². The van der Waals surface area contributed by atoms with Gasteiger partial charge in [0.05, 0.1) is 0 Å². The number of carbonyl (C=O) groups is 2. The van der Waals surface area contributed by atoms with Crippen molar-refractivity contribution in [1.82, 2.24) is 10.2 Å². The van der Waals surface area contributed by atoms with Crippen molar-refractivity contribution in [2.24, 2.45) is 0 Å². The van der Waals surface area contributed by atoms with Crippen LogP contribution >= 0.6 is 45.8 Å². The molecule has 2 amide bonds. The Balaban J connectivity index is 1.73. The highest BCUT2D eigenvalue weighted by Crippen LogP contribution is 2.24. The summed E-state index contributed by atoms with van der Waals surface area (Å²) in [5.74, 6) is 0.146. The van der Waals surface area contributed by atoms with Gasteiger partial charge in [-0.15, -0.1) is 0 Å². The molecule has 32 heavy (non-hydrogen) atoms. The smallest absolute Gasteiger partial charge is 0.261 e. The van der Waals surface area contributed by atoms with E-state index >= 15 is 0 Å². The van der Waals surface area contributed by atoms with Crippen LogP contribution in [0.5, 0.6) is 5.75 Å². The number of hydrogen-bond donors (Lipinski definition) is 1. The third-order valence-electron chi connectivity index (χ3n) is 5.65. The van der Waals surface area contributed by atoms with E-state index in [1.165, 1.54) is 11.3 Å². The predicted octanol–water partition coefficient (Wildman–Crippen LogP) is 5.84. The number of nitrogens with one attached hydrogen (secondary N) is 1. The first-order valence-corrected chi connectivity index (χ1v) is 12.6. The van der Waals surface area contributed by atoms with E-state index in [4.69, 9.17) is 27.9 Å². The Labute approximate surface area is 212 Å². The topological polar surface area (TPSA) is 58.6 Å². The van der Waals surface area contributed by atoms with Crippen LogP contribution in [0.4, 0.5) is 0 Å². The van der Waals surface area contributed by atoms with Crippen LogP contribution in [0.3, 0.4) is 0 Å². The van der Waals surface area contributed by atoms with Crippen molar-refractivity contribution in [2.75, 3.05) is 6.61 Å². The number of hydrogen-bond acceptors (Lipinski definition) is 3. The van der Waals surface area contributed by atoms with E-state index in [0.717, 1.165) is 34.8 Å². The third kappa shape index (κ3) is 7.25. The number of rotatable bonds is 8. The molecule has 8 heteroatoms. The molecule has 0 aliphatic heterocycles. The monoisotopic (exact) mass is 588 g/mol. The fraction of sp³-hybridized carbons (Fsp3) is 0.417. The molecule has 1 aliphatic rings. The maximum atomic E-state index is 13.2. The van der Waals surface area contributed by atoms with E-state index in [0.29, 0.717) is 15.8 Å². The van der Waals surface area contributed by atoms with Crippen LogP contribution in [0.1, 0.15) is 44.6 Å². The molecule has 0 aromatic heterocycles. The summed E-state index contributed by atoms with van der Waals surface area (Å²) in [4.78, 5) is 27.7. The van der Waals surface area contributed by atoms with E-state index in [2.05, 4.69) is 27.9 Å². The molecule has 172 valence electrons. The van der Waals surface area contributed by atoms with Gasteiger partial charge in [-0.05, 0) is 84.3 Å². The molecule has 1 unspecified atom stereocenters. The molecule has 1 N–H and O–H groups in total. The van der Waals surface area contributed by atoms with Crippen LogP contribution in [0.2, 0.25) is 10.0 Å². The molecule has 2 aromatic carbocycles. The molecule has 2 aromatic rings.